The Morgan fingerprint density at radius 1 is 0.839 bits per heavy atom. The summed E-state index contributed by atoms with van der Waals surface area (Å²) in [6, 6.07) is 23.9. The summed E-state index contributed by atoms with van der Waals surface area (Å²) in [6.45, 7) is 0. The lowest BCUT2D eigenvalue weighted by molar-refractivity contribution is -0.128. The third-order valence-electron chi connectivity index (χ3n) is 7.14. The van der Waals surface area contributed by atoms with Crippen molar-refractivity contribution in [1.29, 1.82) is 5.26 Å². The number of carbonyl (C=O) groups is 3. The van der Waals surface area contributed by atoms with Crippen LogP contribution in [0.2, 0.25) is 0 Å². The molecule has 1 saturated heterocycles. The molecule has 0 N–H and O–H groups in total. The molecule has 0 radical (unpaired) electrons. The van der Waals surface area contributed by atoms with Crippen molar-refractivity contribution in [2.75, 3.05) is 4.90 Å². The maximum atomic E-state index is 13.8. The number of benzene rings is 3. The molecular formula is C26H16N2O3. The van der Waals surface area contributed by atoms with E-state index in [0.29, 0.717) is 0 Å². The number of anilines is 1. The molecule has 1 heterocycles. The second kappa shape index (κ2) is 5.99. The van der Waals surface area contributed by atoms with Crippen molar-refractivity contribution < 1.29 is 14.4 Å². The van der Waals surface area contributed by atoms with Gasteiger partial charge in [0.05, 0.1) is 28.5 Å². The van der Waals surface area contributed by atoms with Crippen LogP contribution >= 0.6 is 0 Å². The van der Waals surface area contributed by atoms with Crippen LogP contribution in [0.1, 0.15) is 33.7 Å². The van der Waals surface area contributed by atoms with Gasteiger partial charge in [-0.25, -0.2) is 4.90 Å². The lowest BCUT2D eigenvalue weighted by atomic mass is 9.48. The minimum atomic E-state index is -1.23. The third kappa shape index (κ3) is 1.93. The summed E-state index contributed by atoms with van der Waals surface area (Å²) >= 11 is 0. The average Bonchev–Trinajstić information content (AvgIpc) is 3.09. The summed E-state index contributed by atoms with van der Waals surface area (Å²) in [5, 5.41) is 9.55. The van der Waals surface area contributed by atoms with E-state index in [9.17, 15) is 19.6 Å². The van der Waals surface area contributed by atoms with Gasteiger partial charge in [0.2, 0.25) is 11.8 Å². The molecule has 4 aliphatic rings. The molecule has 2 amide bonds. The largest absolute Gasteiger partial charge is 0.302 e. The van der Waals surface area contributed by atoms with E-state index < -0.39 is 23.2 Å². The maximum Gasteiger partial charge on any atom is 0.239 e. The van der Waals surface area contributed by atoms with Crippen LogP contribution in [0.3, 0.4) is 0 Å². The number of hydrogen-bond donors (Lipinski definition) is 0. The summed E-state index contributed by atoms with van der Waals surface area (Å²) < 4.78 is 0. The van der Waals surface area contributed by atoms with E-state index in [2.05, 4.69) is 6.07 Å². The Morgan fingerprint density at radius 2 is 1.42 bits per heavy atom. The van der Waals surface area contributed by atoms with Crippen LogP contribution < -0.4 is 4.90 Å². The number of nitriles is 1. The second-order valence-corrected chi connectivity index (χ2v) is 8.28. The molecule has 0 saturated carbocycles. The molecule has 2 bridgehead atoms. The first-order valence-electron chi connectivity index (χ1n) is 10.2. The van der Waals surface area contributed by atoms with Crippen LogP contribution in [0.15, 0.2) is 72.8 Å². The molecule has 0 unspecified atom stereocenters. The normalized spacial score (nSPS) is 27.3. The van der Waals surface area contributed by atoms with E-state index in [1.165, 1.54) is 0 Å². The molecule has 3 aliphatic carbocycles. The molecule has 0 spiro atoms. The zero-order valence-electron chi connectivity index (χ0n) is 16.4. The quantitative estimate of drug-likeness (QED) is 0.485. The summed E-state index contributed by atoms with van der Waals surface area (Å²) in [6.07, 6.45) is 0.850. The predicted octanol–water partition coefficient (Wildman–Crippen LogP) is 3.31. The van der Waals surface area contributed by atoms with Gasteiger partial charge in [0, 0.05) is 5.92 Å². The first kappa shape index (κ1) is 17.8. The van der Waals surface area contributed by atoms with Crippen LogP contribution in [-0.4, -0.2) is 18.1 Å². The molecule has 2 atom stereocenters. The van der Waals surface area contributed by atoms with Crippen molar-refractivity contribution in [2.24, 2.45) is 11.8 Å². The highest BCUT2D eigenvalue weighted by atomic mass is 16.2. The Bertz CT molecular complexity index is 1310. The molecular weight excluding hydrogens is 388 g/mol. The van der Waals surface area contributed by atoms with Crippen LogP contribution in [-0.2, 0) is 19.8 Å². The van der Waals surface area contributed by atoms with Gasteiger partial charge in [0.1, 0.15) is 12.4 Å². The molecule has 7 rings (SSSR count). The van der Waals surface area contributed by atoms with E-state index in [1.807, 2.05) is 48.5 Å². The standard InChI is InChI=1S/C26H16N2O3/c27-13-15-7-1-6-12-20(15)28-24(30)22-21-16-8-2-4-10-18(16)26(14-29,23(22)25(28)31)19-11-5-3-9-17(19)21/h1-12,14,21-23H/t21?,22-,23-,26?/m0/s1. The molecule has 5 heteroatoms. The van der Waals surface area contributed by atoms with Gasteiger partial charge in [0.25, 0.3) is 0 Å². The minimum absolute atomic E-state index is 0.255. The monoisotopic (exact) mass is 404 g/mol. The molecule has 148 valence electrons. The van der Waals surface area contributed by atoms with Crippen molar-refractivity contribution in [2.45, 2.75) is 11.3 Å². The Kier molecular flexibility index (Phi) is 3.44. The SMILES string of the molecule is N#Cc1ccccc1N1C(=O)[C@@H]2[C@@H](C1=O)C1c3ccccc3C2(C=O)c2ccccc21. The van der Waals surface area contributed by atoms with Crippen LogP contribution in [0.25, 0.3) is 0 Å². The smallest absolute Gasteiger partial charge is 0.239 e. The van der Waals surface area contributed by atoms with E-state index >= 15 is 0 Å². The predicted molar refractivity (Wildman–Crippen MR) is 112 cm³/mol. The van der Waals surface area contributed by atoms with Crippen molar-refractivity contribution in [3.8, 4) is 6.07 Å². The second-order valence-electron chi connectivity index (χ2n) is 8.28. The molecule has 5 nitrogen and oxygen atoms in total. The molecule has 31 heavy (non-hydrogen) atoms. The van der Waals surface area contributed by atoms with Gasteiger partial charge < -0.3 is 4.79 Å². The van der Waals surface area contributed by atoms with Gasteiger partial charge >= 0.3 is 0 Å². The van der Waals surface area contributed by atoms with Crippen molar-refractivity contribution in [3.63, 3.8) is 0 Å². The Hall–Kier alpha value is -4.04. The fraction of sp³-hybridized carbons (Fsp3) is 0.154. The molecule has 3 aromatic carbocycles. The topological polar surface area (TPSA) is 78.2 Å². The number of amides is 2. The summed E-state index contributed by atoms with van der Waals surface area (Å²) in [7, 11) is 0. The third-order valence-corrected chi connectivity index (χ3v) is 7.14. The van der Waals surface area contributed by atoms with Gasteiger partial charge in [-0.3, -0.25) is 9.59 Å². The zero-order valence-corrected chi connectivity index (χ0v) is 16.4. The van der Waals surface area contributed by atoms with E-state index in [-0.39, 0.29) is 23.1 Å². The number of rotatable bonds is 2. The Balaban J connectivity index is 1.66. The fourth-order valence-electron chi connectivity index (χ4n) is 6.03. The van der Waals surface area contributed by atoms with Gasteiger partial charge in [-0.1, -0.05) is 60.7 Å². The first-order chi connectivity index (χ1) is 15.1. The van der Waals surface area contributed by atoms with E-state index in [0.717, 1.165) is 33.4 Å². The van der Waals surface area contributed by atoms with Crippen molar-refractivity contribution >= 4 is 23.8 Å². The average molecular weight is 404 g/mol. The minimum Gasteiger partial charge on any atom is -0.302 e. The van der Waals surface area contributed by atoms with Gasteiger partial charge in [-0.05, 0) is 34.4 Å². The van der Waals surface area contributed by atoms with Crippen molar-refractivity contribution in [3.05, 3.63) is 101 Å². The fourth-order valence-corrected chi connectivity index (χ4v) is 6.03. The molecule has 1 fully saturated rings. The van der Waals surface area contributed by atoms with Crippen LogP contribution in [0.5, 0.6) is 0 Å². The Labute approximate surface area is 178 Å². The summed E-state index contributed by atoms with van der Waals surface area (Å²) in [4.78, 5) is 41.6. The zero-order chi connectivity index (χ0) is 21.3. The van der Waals surface area contributed by atoms with Gasteiger partial charge in [-0.15, -0.1) is 0 Å². The summed E-state index contributed by atoms with van der Waals surface area (Å²) in [5.41, 5.74) is 2.75. The molecule has 1 aliphatic heterocycles. The maximum absolute atomic E-state index is 13.8. The van der Waals surface area contributed by atoms with Crippen LogP contribution in [0, 0.1) is 23.2 Å². The first-order valence-corrected chi connectivity index (χ1v) is 10.2. The summed E-state index contributed by atoms with van der Waals surface area (Å²) in [5.74, 6) is -2.60. The number of nitrogens with zero attached hydrogens (tertiary/aromatic N) is 2. The highest BCUT2D eigenvalue weighted by molar-refractivity contribution is 6.25. The highest BCUT2D eigenvalue weighted by Gasteiger charge is 2.68. The van der Waals surface area contributed by atoms with E-state index in [4.69, 9.17) is 0 Å². The number of imide groups is 1. The van der Waals surface area contributed by atoms with Crippen molar-refractivity contribution in [1.82, 2.24) is 0 Å². The lowest BCUT2D eigenvalue weighted by Crippen LogP contribution is -2.54. The number of aldehydes is 1. The van der Waals surface area contributed by atoms with Gasteiger partial charge in [-0.2, -0.15) is 5.26 Å². The Morgan fingerprint density at radius 3 is 2.03 bits per heavy atom. The molecule has 0 aromatic heterocycles. The van der Waals surface area contributed by atoms with Gasteiger partial charge in [0.15, 0.2) is 0 Å². The number of carbonyl (C=O) groups excluding carboxylic acids is 3. The highest BCUT2D eigenvalue weighted by Crippen LogP contribution is 2.63. The number of hydrogen-bond acceptors (Lipinski definition) is 4. The van der Waals surface area contributed by atoms with E-state index in [1.54, 1.807) is 24.3 Å². The molecule has 3 aromatic rings. The van der Waals surface area contributed by atoms with Crippen LogP contribution in [0.4, 0.5) is 5.69 Å². The number of para-hydroxylation sites is 1. The lowest BCUT2D eigenvalue weighted by Gasteiger charge is -2.51.